The van der Waals surface area contributed by atoms with Gasteiger partial charge < -0.3 is 5.32 Å². The molecule has 1 atom stereocenters. The van der Waals surface area contributed by atoms with Crippen molar-refractivity contribution in [1.29, 1.82) is 0 Å². The van der Waals surface area contributed by atoms with E-state index in [0.717, 1.165) is 5.75 Å². The lowest BCUT2D eigenvalue weighted by atomic mass is 10.1. The molecule has 0 fully saturated rings. The monoisotopic (exact) mass is 334 g/mol. The van der Waals surface area contributed by atoms with Gasteiger partial charge in [0.2, 0.25) is 10.0 Å². The fourth-order valence-corrected chi connectivity index (χ4v) is 4.10. The van der Waals surface area contributed by atoms with Crippen LogP contribution in [0.4, 0.5) is 4.39 Å². The van der Waals surface area contributed by atoms with Crippen molar-refractivity contribution in [1.82, 2.24) is 10.0 Å². The summed E-state index contributed by atoms with van der Waals surface area (Å²) in [6.45, 7) is 5.71. The van der Waals surface area contributed by atoms with E-state index < -0.39 is 10.0 Å². The third-order valence-corrected chi connectivity index (χ3v) is 5.62. The largest absolute Gasteiger partial charge is 0.316 e. The maximum absolute atomic E-state index is 13.9. The van der Waals surface area contributed by atoms with E-state index in [1.54, 1.807) is 25.7 Å². The summed E-state index contributed by atoms with van der Waals surface area (Å²) in [5, 5.41) is 2.84. The number of sulfonamides is 1. The van der Waals surface area contributed by atoms with E-state index in [9.17, 15) is 12.8 Å². The van der Waals surface area contributed by atoms with Gasteiger partial charge in [-0.05, 0) is 44.3 Å². The lowest BCUT2D eigenvalue weighted by molar-refractivity contribution is 0.567. The van der Waals surface area contributed by atoms with Crippen LogP contribution in [-0.2, 0) is 16.6 Å². The number of halogens is 1. The van der Waals surface area contributed by atoms with Gasteiger partial charge in [0.15, 0.2) is 0 Å². The molecule has 1 aromatic rings. The summed E-state index contributed by atoms with van der Waals surface area (Å²) in [7, 11) is -1.94. The number of hydrogen-bond donors (Lipinski definition) is 2. The van der Waals surface area contributed by atoms with Crippen molar-refractivity contribution in [2.24, 2.45) is 0 Å². The van der Waals surface area contributed by atoms with Gasteiger partial charge >= 0.3 is 0 Å². The molecule has 21 heavy (non-hydrogen) atoms. The van der Waals surface area contributed by atoms with Gasteiger partial charge in [-0.25, -0.2) is 17.5 Å². The fraction of sp³-hybridized carbons (Fsp3) is 0.571. The highest BCUT2D eigenvalue weighted by molar-refractivity contribution is 7.99. The first kappa shape index (κ1) is 18.4. The van der Waals surface area contributed by atoms with Crippen molar-refractivity contribution >= 4 is 21.8 Å². The summed E-state index contributed by atoms with van der Waals surface area (Å²) < 4.78 is 41.3. The first-order chi connectivity index (χ1) is 9.81. The summed E-state index contributed by atoms with van der Waals surface area (Å²) in [5.41, 5.74) is 0.687. The Balaban J connectivity index is 3.02. The summed E-state index contributed by atoms with van der Waals surface area (Å²) in [5.74, 6) is 1.28. The molecule has 0 aliphatic heterocycles. The van der Waals surface area contributed by atoms with Crippen LogP contribution in [0.3, 0.4) is 0 Å². The predicted octanol–water partition coefficient (Wildman–Crippen LogP) is 2.27. The van der Waals surface area contributed by atoms with Crippen molar-refractivity contribution in [2.75, 3.05) is 18.6 Å². The summed E-state index contributed by atoms with van der Waals surface area (Å²) in [4.78, 5) is 0.111. The number of benzene rings is 1. The standard InChI is InChI=1S/C14H23FN2O2S2/c1-5-20-9-11(3)17-21(18,19)13-6-10(2)14(15)12(7-13)8-16-4/h6-7,11,16-17H,5,8-9H2,1-4H3. The molecule has 1 unspecified atom stereocenters. The van der Waals surface area contributed by atoms with Gasteiger partial charge in [-0.1, -0.05) is 6.92 Å². The second kappa shape index (κ2) is 8.12. The van der Waals surface area contributed by atoms with E-state index in [2.05, 4.69) is 10.0 Å². The van der Waals surface area contributed by atoms with Crippen LogP contribution in [0.1, 0.15) is 25.0 Å². The molecule has 0 aliphatic carbocycles. The highest BCUT2D eigenvalue weighted by Gasteiger charge is 2.20. The van der Waals surface area contributed by atoms with E-state index >= 15 is 0 Å². The zero-order valence-corrected chi connectivity index (χ0v) is 14.5. The van der Waals surface area contributed by atoms with Crippen molar-refractivity contribution in [3.05, 3.63) is 29.1 Å². The summed E-state index contributed by atoms with van der Waals surface area (Å²) in [6, 6.07) is 2.59. The Hall–Kier alpha value is -0.630. The minimum absolute atomic E-state index is 0.111. The highest BCUT2D eigenvalue weighted by Crippen LogP contribution is 2.20. The Kier molecular flexibility index (Phi) is 7.12. The summed E-state index contributed by atoms with van der Waals surface area (Å²) in [6.07, 6.45) is 0. The first-order valence-electron chi connectivity index (χ1n) is 6.85. The van der Waals surface area contributed by atoms with Crippen molar-refractivity contribution in [3.63, 3.8) is 0 Å². The van der Waals surface area contributed by atoms with Gasteiger partial charge in [0.05, 0.1) is 4.90 Å². The SMILES string of the molecule is CCSCC(C)NS(=O)(=O)c1cc(C)c(F)c(CNC)c1. The molecule has 0 aliphatic rings. The molecule has 1 aromatic carbocycles. The van der Waals surface area contributed by atoms with Crippen LogP contribution in [0.5, 0.6) is 0 Å². The molecular formula is C14H23FN2O2S2. The third kappa shape index (κ3) is 5.25. The Bertz CT molecular complexity index is 577. The van der Waals surface area contributed by atoms with Crippen LogP contribution in [0.2, 0.25) is 0 Å². The zero-order chi connectivity index (χ0) is 16.0. The second-order valence-electron chi connectivity index (χ2n) is 4.93. The van der Waals surface area contributed by atoms with E-state index in [4.69, 9.17) is 0 Å². The molecule has 7 heteroatoms. The maximum Gasteiger partial charge on any atom is 0.240 e. The van der Waals surface area contributed by atoms with Crippen LogP contribution >= 0.6 is 11.8 Å². The van der Waals surface area contributed by atoms with Crippen LogP contribution in [0.25, 0.3) is 0 Å². The minimum Gasteiger partial charge on any atom is -0.316 e. The van der Waals surface area contributed by atoms with Gasteiger partial charge in [0, 0.05) is 23.9 Å². The van der Waals surface area contributed by atoms with Gasteiger partial charge in [-0.2, -0.15) is 11.8 Å². The molecule has 1 rings (SSSR count). The predicted molar refractivity (Wildman–Crippen MR) is 86.7 cm³/mol. The highest BCUT2D eigenvalue weighted by atomic mass is 32.2. The fourth-order valence-electron chi connectivity index (χ4n) is 1.94. The molecule has 0 heterocycles. The van der Waals surface area contributed by atoms with Crippen LogP contribution in [-0.4, -0.2) is 33.0 Å². The molecular weight excluding hydrogens is 311 g/mol. The molecule has 120 valence electrons. The van der Waals surface area contributed by atoms with E-state index in [1.807, 2.05) is 13.8 Å². The first-order valence-corrected chi connectivity index (χ1v) is 9.49. The van der Waals surface area contributed by atoms with Crippen LogP contribution in [0.15, 0.2) is 17.0 Å². The molecule has 2 N–H and O–H groups in total. The normalized spacial score (nSPS) is 13.4. The maximum atomic E-state index is 13.9. The van der Waals surface area contributed by atoms with E-state index in [0.29, 0.717) is 16.9 Å². The lowest BCUT2D eigenvalue weighted by Crippen LogP contribution is -2.34. The summed E-state index contributed by atoms with van der Waals surface area (Å²) >= 11 is 1.67. The van der Waals surface area contributed by atoms with Crippen molar-refractivity contribution in [3.8, 4) is 0 Å². The molecule has 0 saturated carbocycles. The molecule has 4 nitrogen and oxygen atoms in total. The Labute approximate surface area is 131 Å². The van der Waals surface area contributed by atoms with Gasteiger partial charge in [0.25, 0.3) is 0 Å². The van der Waals surface area contributed by atoms with E-state index in [1.165, 1.54) is 12.1 Å². The average Bonchev–Trinajstić information content (AvgIpc) is 2.41. The number of rotatable bonds is 8. The quantitative estimate of drug-likeness (QED) is 0.766. The zero-order valence-electron chi connectivity index (χ0n) is 12.9. The second-order valence-corrected chi connectivity index (χ2v) is 7.96. The van der Waals surface area contributed by atoms with Gasteiger partial charge in [-0.3, -0.25) is 0 Å². The van der Waals surface area contributed by atoms with Gasteiger partial charge in [-0.15, -0.1) is 0 Å². The molecule has 0 saturated heterocycles. The Morgan fingerprint density at radius 2 is 2.05 bits per heavy atom. The third-order valence-electron chi connectivity index (χ3n) is 2.91. The average molecular weight is 334 g/mol. The Morgan fingerprint density at radius 3 is 2.62 bits per heavy atom. The molecule has 0 bridgehead atoms. The van der Waals surface area contributed by atoms with Crippen molar-refractivity contribution < 1.29 is 12.8 Å². The number of aryl methyl sites for hydroxylation is 1. The topological polar surface area (TPSA) is 58.2 Å². The molecule has 0 spiro atoms. The van der Waals surface area contributed by atoms with E-state index in [-0.39, 0.29) is 23.3 Å². The minimum atomic E-state index is -3.63. The van der Waals surface area contributed by atoms with Crippen LogP contribution in [0, 0.1) is 12.7 Å². The molecule has 0 aromatic heterocycles. The Morgan fingerprint density at radius 1 is 1.38 bits per heavy atom. The number of hydrogen-bond acceptors (Lipinski definition) is 4. The number of nitrogens with one attached hydrogen (secondary N) is 2. The van der Waals surface area contributed by atoms with Gasteiger partial charge in [0.1, 0.15) is 5.82 Å². The molecule has 0 amide bonds. The van der Waals surface area contributed by atoms with Crippen LogP contribution < -0.4 is 10.0 Å². The molecule has 0 radical (unpaired) electrons. The lowest BCUT2D eigenvalue weighted by Gasteiger charge is -2.15. The smallest absolute Gasteiger partial charge is 0.240 e. The number of thioether (sulfide) groups is 1. The van der Waals surface area contributed by atoms with Crippen molar-refractivity contribution in [2.45, 2.75) is 38.3 Å².